The Morgan fingerprint density at radius 1 is 1.15 bits per heavy atom. The molecule has 0 saturated heterocycles. The molecule has 2 N–H and O–H groups in total. The van der Waals surface area contributed by atoms with Crippen molar-refractivity contribution in [3.63, 3.8) is 0 Å². The molecule has 0 amide bonds. The summed E-state index contributed by atoms with van der Waals surface area (Å²) in [6.45, 7) is 0. The highest BCUT2D eigenvalue weighted by Crippen LogP contribution is 2.26. The van der Waals surface area contributed by atoms with Crippen LogP contribution in [0.1, 0.15) is 9.67 Å². The largest absolute Gasteiger partial charge is 0.477 e. The number of hydrogen-bond acceptors (Lipinski definition) is 4. The highest BCUT2D eigenvalue weighted by molar-refractivity contribution is 7.93. The van der Waals surface area contributed by atoms with E-state index in [1.54, 1.807) is 0 Å². The zero-order valence-corrected chi connectivity index (χ0v) is 11.3. The Kier molecular flexibility index (Phi) is 3.73. The first-order valence-corrected chi connectivity index (χ1v) is 7.41. The molecule has 0 fully saturated rings. The summed E-state index contributed by atoms with van der Waals surface area (Å²) in [7, 11) is -4.47. The lowest BCUT2D eigenvalue weighted by atomic mass is 10.3. The quantitative estimate of drug-likeness (QED) is 0.907. The molecule has 0 bridgehead atoms. The number of carbonyl (C=O) groups is 1. The number of sulfonamides is 1. The number of thiophene rings is 1. The summed E-state index contributed by atoms with van der Waals surface area (Å²) in [6, 6.07) is 5.05. The van der Waals surface area contributed by atoms with Crippen LogP contribution in [0.4, 0.5) is 13.8 Å². The van der Waals surface area contributed by atoms with E-state index in [1.807, 2.05) is 4.72 Å². The van der Waals surface area contributed by atoms with Crippen LogP contribution in [0.3, 0.4) is 0 Å². The lowest BCUT2D eigenvalue weighted by molar-refractivity contribution is 0.0702. The van der Waals surface area contributed by atoms with E-state index in [1.165, 1.54) is 12.1 Å². The van der Waals surface area contributed by atoms with Crippen molar-refractivity contribution in [1.82, 2.24) is 0 Å². The lowest BCUT2D eigenvalue weighted by Gasteiger charge is -2.07. The fourth-order valence-electron chi connectivity index (χ4n) is 1.43. The molecule has 106 valence electrons. The number of rotatable bonds is 4. The Morgan fingerprint density at radius 2 is 1.75 bits per heavy atom. The van der Waals surface area contributed by atoms with E-state index in [0.717, 1.165) is 18.2 Å². The van der Waals surface area contributed by atoms with Crippen molar-refractivity contribution >= 4 is 32.3 Å². The van der Waals surface area contributed by atoms with Gasteiger partial charge >= 0.3 is 5.97 Å². The van der Waals surface area contributed by atoms with Gasteiger partial charge in [-0.1, -0.05) is 6.07 Å². The molecule has 0 unspecified atom stereocenters. The monoisotopic (exact) mass is 319 g/mol. The topological polar surface area (TPSA) is 83.5 Å². The van der Waals surface area contributed by atoms with Gasteiger partial charge in [0, 0.05) is 0 Å². The van der Waals surface area contributed by atoms with E-state index in [2.05, 4.69) is 0 Å². The van der Waals surface area contributed by atoms with E-state index >= 15 is 0 Å². The van der Waals surface area contributed by atoms with Crippen LogP contribution in [0.2, 0.25) is 0 Å². The first kappa shape index (κ1) is 14.4. The number of nitrogens with one attached hydrogen (secondary N) is 1. The van der Waals surface area contributed by atoms with Gasteiger partial charge in [-0.15, -0.1) is 11.3 Å². The summed E-state index contributed by atoms with van der Waals surface area (Å²) in [5.41, 5.74) is 0. The number of carboxylic acid groups (broad SMARTS) is 1. The van der Waals surface area contributed by atoms with E-state index in [0.29, 0.717) is 11.3 Å². The lowest BCUT2D eigenvalue weighted by Crippen LogP contribution is -2.15. The minimum absolute atomic E-state index is 0.0509. The van der Waals surface area contributed by atoms with Crippen LogP contribution < -0.4 is 4.72 Å². The summed E-state index contributed by atoms with van der Waals surface area (Å²) < 4.78 is 52.6. The third-order valence-electron chi connectivity index (χ3n) is 2.24. The minimum atomic E-state index is -4.47. The van der Waals surface area contributed by atoms with E-state index in [9.17, 15) is 22.0 Å². The Hall–Kier alpha value is -2.00. The second kappa shape index (κ2) is 5.17. The summed E-state index contributed by atoms with van der Waals surface area (Å²) in [6.07, 6.45) is 0. The van der Waals surface area contributed by atoms with Crippen molar-refractivity contribution < 1.29 is 27.1 Å². The Balaban J connectivity index is 2.38. The number of benzene rings is 1. The minimum Gasteiger partial charge on any atom is -0.477 e. The molecule has 0 spiro atoms. The van der Waals surface area contributed by atoms with Crippen LogP contribution >= 0.6 is 11.3 Å². The molecule has 1 heterocycles. The summed E-state index contributed by atoms with van der Waals surface area (Å²) in [5, 5.41) is 8.66. The van der Waals surface area contributed by atoms with Crippen molar-refractivity contribution in [1.29, 1.82) is 0 Å². The summed E-state index contributed by atoms with van der Waals surface area (Å²) >= 11 is 0.640. The van der Waals surface area contributed by atoms with Gasteiger partial charge in [-0.3, -0.25) is 4.72 Å². The van der Waals surface area contributed by atoms with Crippen LogP contribution in [0.5, 0.6) is 0 Å². The molecule has 1 aromatic heterocycles. The molecule has 9 heteroatoms. The second-order valence-electron chi connectivity index (χ2n) is 3.63. The van der Waals surface area contributed by atoms with Gasteiger partial charge in [-0.05, 0) is 24.3 Å². The molecule has 0 atom stereocenters. The van der Waals surface area contributed by atoms with Crippen LogP contribution in [0.15, 0.2) is 35.2 Å². The predicted octanol–water partition coefficient (Wildman–Crippen LogP) is 2.53. The average Bonchev–Trinajstić information content (AvgIpc) is 2.76. The van der Waals surface area contributed by atoms with Crippen molar-refractivity contribution in [2.75, 3.05) is 4.72 Å². The maximum Gasteiger partial charge on any atom is 0.345 e. The molecular weight excluding hydrogens is 312 g/mol. The fourth-order valence-corrected chi connectivity index (χ4v) is 3.61. The van der Waals surface area contributed by atoms with Gasteiger partial charge in [0.1, 0.15) is 21.5 Å². The Morgan fingerprint density at radius 3 is 2.25 bits per heavy atom. The highest BCUT2D eigenvalue weighted by atomic mass is 32.2. The molecule has 20 heavy (non-hydrogen) atoms. The first-order chi connectivity index (χ1) is 9.31. The third kappa shape index (κ3) is 2.78. The van der Waals surface area contributed by atoms with Gasteiger partial charge in [-0.2, -0.15) is 0 Å². The molecule has 0 saturated carbocycles. The van der Waals surface area contributed by atoms with Crippen molar-refractivity contribution in [3.8, 4) is 0 Å². The fraction of sp³-hybridized carbons (Fsp3) is 0. The van der Waals surface area contributed by atoms with Crippen molar-refractivity contribution in [2.45, 2.75) is 4.90 Å². The highest BCUT2D eigenvalue weighted by Gasteiger charge is 2.24. The molecule has 2 rings (SSSR count). The van der Waals surface area contributed by atoms with Crippen molar-refractivity contribution in [2.24, 2.45) is 0 Å². The van der Waals surface area contributed by atoms with E-state index in [4.69, 9.17) is 5.11 Å². The molecule has 0 aliphatic heterocycles. The van der Waals surface area contributed by atoms with Gasteiger partial charge < -0.3 is 5.11 Å². The SMILES string of the molecule is O=C(O)c1ccc(NS(=O)(=O)c2c(F)cccc2F)s1. The molecule has 5 nitrogen and oxygen atoms in total. The predicted molar refractivity (Wildman–Crippen MR) is 68.4 cm³/mol. The maximum absolute atomic E-state index is 13.4. The summed E-state index contributed by atoms with van der Waals surface area (Å²) in [4.78, 5) is 9.46. The van der Waals surface area contributed by atoms with Gasteiger partial charge in [0.15, 0.2) is 4.90 Å². The van der Waals surface area contributed by atoms with Crippen molar-refractivity contribution in [3.05, 3.63) is 46.8 Å². The van der Waals surface area contributed by atoms with Crippen LogP contribution in [0.25, 0.3) is 0 Å². The normalized spacial score (nSPS) is 11.3. The first-order valence-electron chi connectivity index (χ1n) is 5.11. The standard InChI is InChI=1S/C11H7F2NO4S2/c12-6-2-1-3-7(13)10(6)20(17,18)14-9-5-4-8(19-9)11(15)16/h1-5,14H,(H,15,16). The molecule has 0 radical (unpaired) electrons. The summed E-state index contributed by atoms with van der Waals surface area (Å²) in [5.74, 6) is -3.68. The van der Waals surface area contributed by atoms with Crippen LogP contribution in [-0.2, 0) is 10.0 Å². The van der Waals surface area contributed by atoms with Crippen LogP contribution in [-0.4, -0.2) is 19.5 Å². The van der Waals surface area contributed by atoms with Gasteiger partial charge in [-0.25, -0.2) is 22.0 Å². The molecule has 1 aromatic carbocycles. The number of anilines is 1. The number of carboxylic acids is 1. The van der Waals surface area contributed by atoms with E-state index < -0.39 is 32.5 Å². The number of aromatic carboxylic acids is 1. The zero-order chi connectivity index (χ0) is 14.9. The molecular formula is C11H7F2NO4S2. The molecule has 0 aliphatic rings. The van der Waals surface area contributed by atoms with Gasteiger partial charge in [0.2, 0.25) is 0 Å². The zero-order valence-electron chi connectivity index (χ0n) is 9.63. The Labute approximate surface area is 116 Å². The van der Waals surface area contributed by atoms with E-state index in [-0.39, 0.29) is 9.88 Å². The third-order valence-corrected chi connectivity index (χ3v) is 4.77. The second-order valence-corrected chi connectivity index (χ2v) is 6.33. The maximum atomic E-state index is 13.4. The number of halogens is 2. The van der Waals surface area contributed by atoms with Crippen LogP contribution in [0, 0.1) is 11.6 Å². The number of hydrogen-bond donors (Lipinski definition) is 2. The van der Waals surface area contributed by atoms with Gasteiger partial charge in [0.05, 0.1) is 0 Å². The molecule has 2 aromatic rings. The average molecular weight is 319 g/mol. The Bertz CT molecular complexity index is 750. The van der Waals surface area contributed by atoms with Gasteiger partial charge in [0.25, 0.3) is 10.0 Å². The smallest absolute Gasteiger partial charge is 0.345 e. The molecule has 0 aliphatic carbocycles.